The van der Waals surface area contributed by atoms with Crippen LogP contribution in [-0.2, 0) is 20.4 Å². The highest BCUT2D eigenvalue weighted by molar-refractivity contribution is 5.94. The zero-order chi connectivity index (χ0) is 31.3. The van der Waals surface area contributed by atoms with Gasteiger partial charge in [0.15, 0.2) is 0 Å². The minimum Gasteiger partial charge on any atom is -0.481 e. The van der Waals surface area contributed by atoms with Gasteiger partial charge in [0.25, 0.3) is 5.91 Å². The number of carbonyl (C=O) groups excluding carboxylic acids is 2. The Morgan fingerprint density at radius 3 is 2.04 bits per heavy atom. The van der Waals surface area contributed by atoms with Crippen LogP contribution in [0, 0.1) is 5.92 Å². The van der Waals surface area contributed by atoms with Crippen molar-refractivity contribution in [2.75, 3.05) is 45.8 Å². The van der Waals surface area contributed by atoms with Crippen molar-refractivity contribution in [2.45, 2.75) is 49.4 Å². The predicted molar refractivity (Wildman–Crippen MR) is 174 cm³/mol. The first-order valence-electron chi connectivity index (χ1n) is 16.4. The number of carbonyl (C=O) groups is 3. The van der Waals surface area contributed by atoms with Crippen LogP contribution in [0.5, 0.6) is 0 Å². The maximum Gasteiger partial charge on any atom is 0.307 e. The van der Waals surface area contributed by atoms with Gasteiger partial charge in [-0.2, -0.15) is 0 Å². The molecule has 0 aliphatic carbocycles. The van der Waals surface area contributed by atoms with Crippen molar-refractivity contribution in [3.63, 3.8) is 0 Å². The van der Waals surface area contributed by atoms with Crippen LogP contribution in [0.2, 0.25) is 0 Å². The van der Waals surface area contributed by atoms with E-state index in [4.69, 9.17) is 0 Å². The number of hydrogen-bond donors (Lipinski definition) is 2. The number of likely N-dealkylation sites (tertiary alicyclic amines) is 2. The van der Waals surface area contributed by atoms with Crippen molar-refractivity contribution < 1.29 is 19.5 Å². The number of hydrogen-bond acceptors (Lipinski definition) is 5. The summed E-state index contributed by atoms with van der Waals surface area (Å²) in [5.74, 6) is -1.21. The second-order valence-corrected chi connectivity index (χ2v) is 13.1. The number of rotatable bonds is 9. The molecule has 3 fully saturated rings. The Bertz CT molecular complexity index is 1460. The van der Waals surface area contributed by atoms with Gasteiger partial charge in [0, 0.05) is 37.2 Å². The standard InChI is InChI=1S/C37H44N4O4/c42-33(29-11-4-1-5-12-29)40-26-19-36(28-40,31-14-6-2-7-15-31)18-23-39-24-20-37(21-25-39,32-16-8-3-9-17-32)35(45)38-41-22-10-13-30(27-41)34(43)44/h1-9,11-12,14-17,30H,10,13,18-28H2,(H,38,45)(H,43,44). The van der Waals surface area contributed by atoms with Crippen LogP contribution in [0.25, 0.3) is 0 Å². The van der Waals surface area contributed by atoms with Crippen LogP contribution >= 0.6 is 0 Å². The summed E-state index contributed by atoms with van der Waals surface area (Å²) in [7, 11) is 0. The van der Waals surface area contributed by atoms with Crippen LogP contribution in [0.3, 0.4) is 0 Å². The Morgan fingerprint density at radius 2 is 1.40 bits per heavy atom. The van der Waals surface area contributed by atoms with Crippen molar-refractivity contribution in [3.05, 3.63) is 108 Å². The number of benzene rings is 3. The lowest BCUT2D eigenvalue weighted by atomic mass is 9.71. The number of amides is 2. The van der Waals surface area contributed by atoms with Gasteiger partial charge in [0.05, 0.1) is 11.3 Å². The first-order chi connectivity index (χ1) is 21.9. The van der Waals surface area contributed by atoms with Crippen molar-refractivity contribution >= 4 is 17.8 Å². The van der Waals surface area contributed by atoms with E-state index in [9.17, 15) is 19.5 Å². The van der Waals surface area contributed by atoms with E-state index in [0.29, 0.717) is 38.9 Å². The summed E-state index contributed by atoms with van der Waals surface area (Å²) < 4.78 is 0. The molecule has 0 radical (unpaired) electrons. The van der Waals surface area contributed by atoms with Gasteiger partial charge in [-0.25, -0.2) is 5.01 Å². The van der Waals surface area contributed by atoms with Gasteiger partial charge in [0.1, 0.15) is 0 Å². The molecule has 3 aromatic carbocycles. The van der Waals surface area contributed by atoms with Gasteiger partial charge in [-0.05, 0) is 81.4 Å². The fourth-order valence-corrected chi connectivity index (χ4v) is 7.65. The minimum atomic E-state index is -0.803. The molecule has 2 atom stereocenters. The Hall–Kier alpha value is -4.01. The first-order valence-corrected chi connectivity index (χ1v) is 16.4. The first kappa shape index (κ1) is 31.0. The SMILES string of the molecule is O=C(O)C1CCCN(NC(=O)C2(c3ccccc3)CCN(CCC3(c4ccccc4)CCN(C(=O)c4ccccc4)C3)CC2)C1. The average Bonchev–Trinajstić information content (AvgIpc) is 3.54. The normalized spacial score (nSPS) is 23.8. The molecule has 3 aromatic rings. The summed E-state index contributed by atoms with van der Waals surface area (Å²) in [6.45, 7) is 4.90. The molecule has 2 amide bonds. The monoisotopic (exact) mass is 608 g/mol. The maximum atomic E-state index is 14.0. The second kappa shape index (κ2) is 13.5. The summed E-state index contributed by atoms with van der Waals surface area (Å²) in [5.41, 5.74) is 5.38. The molecule has 3 heterocycles. The number of nitrogens with zero attached hydrogens (tertiary/aromatic N) is 3. The fraction of sp³-hybridized carbons (Fsp3) is 0.432. The summed E-state index contributed by atoms with van der Waals surface area (Å²) in [6.07, 6.45) is 4.63. The molecule has 0 bridgehead atoms. The highest BCUT2D eigenvalue weighted by atomic mass is 16.4. The average molecular weight is 609 g/mol. The molecule has 3 aliphatic heterocycles. The Balaban J connectivity index is 1.14. The number of nitrogens with one attached hydrogen (secondary N) is 1. The van der Waals surface area contributed by atoms with E-state index in [1.165, 1.54) is 5.56 Å². The fourth-order valence-electron chi connectivity index (χ4n) is 7.65. The third kappa shape index (κ3) is 6.67. The lowest BCUT2D eigenvalue weighted by Crippen LogP contribution is -2.57. The molecule has 45 heavy (non-hydrogen) atoms. The third-order valence-corrected chi connectivity index (χ3v) is 10.5. The summed E-state index contributed by atoms with van der Waals surface area (Å²) in [5, 5.41) is 11.4. The van der Waals surface area contributed by atoms with E-state index in [0.717, 1.165) is 56.6 Å². The van der Waals surface area contributed by atoms with Gasteiger partial charge in [-0.15, -0.1) is 0 Å². The molecule has 0 aromatic heterocycles. The molecule has 0 spiro atoms. The second-order valence-electron chi connectivity index (χ2n) is 13.1. The van der Waals surface area contributed by atoms with Crippen LogP contribution in [0.15, 0.2) is 91.0 Å². The molecule has 3 aliphatic rings. The Labute approximate surface area is 266 Å². The summed E-state index contributed by atoms with van der Waals surface area (Å²) >= 11 is 0. The van der Waals surface area contributed by atoms with E-state index in [2.05, 4.69) is 34.6 Å². The molecular formula is C37H44N4O4. The molecule has 8 nitrogen and oxygen atoms in total. The van der Waals surface area contributed by atoms with Gasteiger partial charge < -0.3 is 14.9 Å². The predicted octanol–water partition coefficient (Wildman–Crippen LogP) is 4.72. The van der Waals surface area contributed by atoms with Gasteiger partial charge >= 0.3 is 5.97 Å². The highest BCUT2D eigenvalue weighted by Gasteiger charge is 2.45. The van der Waals surface area contributed by atoms with Crippen LogP contribution < -0.4 is 5.43 Å². The molecule has 8 heteroatoms. The van der Waals surface area contributed by atoms with Gasteiger partial charge in [-0.1, -0.05) is 78.9 Å². The topological polar surface area (TPSA) is 93.2 Å². The number of aliphatic carboxylic acids is 1. The van der Waals surface area contributed by atoms with Gasteiger partial charge in [0.2, 0.25) is 5.91 Å². The molecule has 236 valence electrons. The van der Waals surface area contributed by atoms with Crippen LogP contribution in [0.4, 0.5) is 0 Å². The number of carboxylic acids is 1. The number of hydrazine groups is 1. The molecule has 3 saturated heterocycles. The minimum absolute atomic E-state index is 0.0361. The van der Waals surface area contributed by atoms with Crippen LogP contribution in [-0.4, -0.2) is 83.5 Å². The van der Waals surface area contributed by atoms with Crippen molar-refractivity contribution in [1.29, 1.82) is 0 Å². The molecule has 2 N–H and O–H groups in total. The smallest absolute Gasteiger partial charge is 0.307 e. The van der Waals surface area contributed by atoms with Crippen molar-refractivity contribution in [1.82, 2.24) is 20.2 Å². The Morgan fingerprint density at radius 1 is 0.778 bits per heavy atom. The zero-order valence-electron chi connectivity index (χ0n) is 25.9. The van der Waals surface area contributed by atoms with E-state index in [-0.39, 0.29) is 17.2 Å². The number of carboxylic acid groups (broad SMARTS) is 1. The molecule has 0 saturated carbocycles. The third-order valence-electron chi connectivity index (χ3n) is 10.5. The largest absolute Gasteiger partial charge is 0.481 e. The maximum absolute atomic E-state index is 14.0. The zero-order valence-corrected chi connectivity index (χ0v) is 25.9. The highest BCUT2D eigenvalue weighted by Crippen LogP contribution is 2.40. The van der Waals surface area contributed by atoms with E-state index < -0.39 is 17.3 Å². The number of piperidine rings is 2. The molecule has 6 rings (SSSR count). The van der Waals surface area contributed by atoms with E-state index in [1.807, 2.05) is 76.6 Å². The van der Waals surface area contributed by atoms with Crippen molar-refractivity contribution in [3.8, 4) is 0 Å². The molecular weight excluding hydrogens is 564 g/mol. The quantitative estimate of drug-likeness (QED) is 0.365. The van der Waals surface area contributed by atoms with E-state index in [1.54, 1.807) is 0 Å². The van der Waals surface area contributed by atoms with Crippen molar-refractivity contribution in [2.24, 2.45) is 5.92 Å². The van der Waals surface area contributed by atoms with E-state index >= 15 is 0 Å². The lowest BCUT2D eigenvalue weighted by Gasteiger charge is -2.43. The van der Waals surface area contributed by atoms with Crippen LogP contribution in [0.1, 0.15) is 60.0 Å². The van der Waals surface area contributed by atoms with Gasteiger partial charge in [-0.3, -0.25) is 19.8 Å². The lowest BCUT2D eigenvalue weighted by molar-refractivity contribution is -0.146. The summed E-state index contributed by atoms with van der Waals surface area (Å²) in [4.78, 5) is 43.5. The summed E-state index contributed by atoms with van der Waals surface area (Å²) in [6, 6.07) is 30.2. The molecule has 2 unspecified atom stereocenters. The Kier molecular flexibility index (Phi) is 9.33.